The molecule has 0 spiro atoms. The first-order chi connectivity index (χ1) is 7.77. The van der Waals surface area contributed by atoms with Gasteiger partial charge in [0.1, 0.15) is 5.84 Å². The van der Waals surface area contributed by atoms with Crippen molar-refractivity contribution in [1.29, 1.82) is 0 Å². The van der Waals surface area contributed by atoms with Crippen LogP contribution in [0.1, 0.15) is 25.7 Å². The number of benzene rings is 1. The minimum absolute atomic E-state index is 0.722. The van der Waals surface area contributed by atoms with Crippen molar-refractivity contribution in [2.24, 2.45) is 4.99 Å². The van der Waals surface area contributed by atoms with Gasteiger partial charge in [0.15, 0.2) is 0 Å². The van der Waals surface area contributed by atoms with Crippen LogP contribution in [0.2, 0.25) is 5.02 Å². The fourth-order valence-corrected chi connectivity index (χ4v) is 2.27. The van der Waals surface area contributed by atoms with Crippen LogP contribution in [0.15, 0.2) is 27.7 Å². The molecule has 1 heterocycles. The summed E-state index contributed by atoms with van der Waals surface area (Å²) in [4.78, 5) is 4.53. The molecule has 0 aliphatic carbocycles. The standard InChI is InChI=1S/C12H14BrClN2/c13-12-9(14)5-4-6-10(12)16-11-7-2-1-3-8-15-11/h4-6H,1-3,7-8H2,(H,15,16). The van der Waals surface area contributed by atoms with Crippen LogP contribution in [0.25, 0.3) is 0 Å². The van der Waals surface area contributed by atoms with Gasteiger partial charge in [-0.05, 0) is 40.9 Å². The molecule has 0 bridgehead atoms. The van der Waals surface area contributed by atoms with Crippen LogP contribution in [0.5, 0.6) is 0 Å². The van der Waals surface area contributed by atoms with Crippen molar-refractivity contribution in [2.45, 2.75) is 25.7 Å². The van der Waals surface area contributed by atoms with Gasteiger partial charge in [-0.1, -0.05) is 24.1 Å². The van der Waals surface area contributed by atoms with E-state index in [-0.39, 0.29) is 0 Å². The van der Waals surface area contributed by atoms with Crippen LogP contribution < -0.4 is 5.32 Å². The summed E-state index contributed by atoms with van der Waals surface area (Å²) in [5, 5.41) is 4.07. The van der Waals surface area contributed by atoms with Gasteiger partial charge in [0.05, 0.1) is 15.2 Å². The van der Waals surface area contributed by atoms with Crippen LogP contribution in [-0.2, 0) is 0 Å². The van der Waals surface area contributed by atoms with E-state index in [0.29, 0.717) is 0 Å². The van der Waals surface area contributed by atoms with Gasteiger partial charge in [-0.2, -0.15) is 0 Å². The molecule has 0 amide bonds. The maximum atomic E-state index is 6.04. The Bertz CT molecular complexity index is 404. The average molecular weight is 302 g/mol. The Morgan fingerprint density at radius 3 is 3.00 bits per heavy atom. The first-order valence-electron chi connectivity index (χ1n) is 5.52. The van der Waals surface area contributed by atoms with Crippen LogP contribution in [0.3, 0.4) is 0 Å². The molecular weight excluding hydrogens is 288 g/mol. The molecule has 0 radical (unpaired) electrons. The SMILES string of the molecule is Clc1cccc(NC2=NCCCCC2)c1Br. The molecule has 1 aliphatic heterocycles. The topological polar surface area (TPSA) is 24.4 Å². The molecule has 1 aliphatic rings. The number of halogens is 2. The third-order valence-corrected chi connectivity index (χ3v) is 4.00. The second-order valence-electron chi connectivity index (χ2n) is 3.87. The van der Waals surface area contributed by atoms with E-state index in [0.717, 1.165) is 34.0 Å². The normalized spacial score (nSPS) is 16.5. The quantitative estimate of drug-likeness (QED) is 0.812. The van der Waals surface area contributed by atoms with Gasteiger partial charge in [-0.3, -0.25) is 4.99 Å². The Labute approximate surface area is 109 Å². The third-order valence-electron chi connectivity index (χ3n) is 2.60. The second kappa shape index (κ2) is 5.69. The first-order valence-corrected chi connectivity index (χ1v) is 6.69. The summed E-state index contributed by atoms with van der Waals surface area (Å²) in [7, 11) is 0. The van der Waals surface area contributed by atoms with Gasteiger partial charge in [0.2, 0.25) is 0 Å². The number of nitrogens with zero attached hydrogens (tertiary/aromatic N) is 1. The van der Waals surface area contributed by atoms with Crippen molar-refractivity contribution in [1.82, 2.24) is 0 Å². The molecule has 1 aromatic carbocycles. The van der Waals surface area contributed by atoms with Gasteiger partial charge in [-0.25, -0.2) is 0 Å². The van der Waals surface area contributed by atoms with E-state index >= 15 is 0 Å². The molecule has 0 fully saturated rings. The predicted molar refractivity (Wildman–Crippen MR) is 73.5 cm³/mol. The Kier molecular flexibility index (Phi) is 4.24. The molecule has 0 atom stereocenters. The summed E-state index contributed by atoms with van der Waals surface area (Å²) in [6.45, 7) is 0.931. The van der Waals surface area contributed by atoms with Gasteiger partial charge in [-0.15, -0.1) is 0 Å². The molecule has 2 nitrogen and oxygen atoms in total. The van der Waals surface area contributed by atoms with Crippen molar-refractivity contribution in [2.75, 3.05) is 11.9 Å². The Morgan fingerprint density at radius 1 is 1.25 bits per heavy atom. The van der Waals surface area contributed by atoms with E-state index < -0.39 is 0 Å². The summed E-state index contributed by atoms with van der Waals surface area (Å²) >= 11 is 9.51. The largest absolute Gasteiger partial charge is 0.343 e. The predicted octanol–water partition coefficient (Wildman–Crippen LogP) is 4.49. The highest BCUT2D eigenvalue weighted by molar-refractivity contribution is 9.10. The van der Waals surface area contributed by atoms with Gasteiger partial charge < -0.3 is 5.32 Å². The molecule has 0 saturated carbocycles. The zero-order chi connectivity index (χ0) is 11.4. The van der Waals surface area contributed by atoms with Crippen molar-refractivity contribution in [3.63, 3.8) is 0 Å². The van der Waals surface area contributed by atoms with E-state index in [9.17, 15) is 0 Å². The lowest BCUT2D eigenvalue weighted by molar-refractivity contribution is 0.731. The second-order valence-corrected chi connectivity index (χ2v) is 5.07. The van der Waals surface area contributed by atoms with Crippen LogP contribution in [0.4, 0.5) is 5.69 Å². The van der Waals surface area contributed by atoms with Crippen LogP contribution in [0, 0.1) is 0 Å². The maximum absolute atomic E-state index is 6.04. The summed E-state index contributed by atoms with van der Waals surface area (Å²) in [6.07, 6.45) is 4.70. The molecule has 0 unspecified atom stereocenters. The molecule has 16 heavy (non-hydrogen) atoms. The maximum Gasteiger partial charge on any atom is 0.101 e. The minimum Gasteiger partial charge on any atom is -0.343 e. The van der Waals surface area contributed by atoms with E-state index in [2.05, 4.69) is 26.2 Å². The Morgan fingerprint density at radius 2 is 2.12 bits per heavy atom. The van der Waals surface area contributed by atoms with Crippen molar-refractivity contribution in [3.8, 4) is 0 Å². The van der Waals surface area contributed by atoms with E-state index in [1.165, 1.54) is 19.3 Å². The zero-order valence-electron chi connectivity index (χ0n) is 8.97. The fraction of sp³-hybridized carbons (Fsp3) is 0.417. The van der Waals surface area contributed by atoms with E-state index in [1.54, 1.807) is 0 Å². The lowest BCUT2D eigenvalue weighted by Crippen LogP contribution is -2.11. The number of anilines is 1. The highest BCUT2D eigenvalue weighted by Crippen LogP contribution is 2.30. The number of hydrogen-bond donors (Lipinski definition) is 1. The third kappa shape index (κ3) is 2.98. The number of aliphatic imine (C=N–C) groups is 1. The van der Waals surface area contributed by atoms with Gasteiger partial charge >= 0.3 is 0 Å². The van der Waals surface area contributed by atoms with Crippen LogP contribution >= 0.6 is 27.5 Å². The first kappa shape index (κ1) is 11.9. The Hall–Kier alpha value is -0.540. The summed E-state index contributed by atoms with van der Waals surface area (Å²) in [5.41, 5.74) is 0.994. The van der Waals surface area contributed by atoms with E-state index in [4.69, 9.17) is 11.6 Å². The summed E-state index contributed by atoms with van der Waals surface area (Å²) < 4.78 is 0.906. The van der Waals surface area contributed by atoms with Crippen molar-refractivity contribution >= 4 is 39.1 Å². The van der Waals surface area contributed by atoms with Gasteiger partial charge in [0.25, 0.3) is 0 Å². The van der Waals surface area contributed by atoms with Crippen LogP contribution in [-0.4, -0.2) is 12.4 Å². The Balaban J connectivity index is 2.13. The summed E-state index contributed by atoms with van der Waals surface area (Å²) in [5.74, 6) is 1.07. The lowest BCUT2D eigenvalue weighted by Gasteiger charge is -2.10. The lowest BCUT2D eigenvalue weighted by atomic mass is 10.2. The highest BCUT2D eigenvalue weighted by atomic mass is 79.9. The molecule has 1 aromatic rings. The molecule has 86 valence electrons. The van der Waals surface area contributed by atoms with Crippen molar-refractivity contribution < 1.29 is 0 Å². The number of amidine groups is 1. The molecule has 0 saturated heterocycles. The molecule has 2 rings (SSSR count). The minimum atomic E-state index is 0.722. The molecule has 4 heteroatoms. The van der Waals surface area contributed by atoms with Gasteiger partial charge in [0, 0.05) is 13.0 Å². The molecular formula is C12H14BrClN2. The molecule has 0 aromatic heterocycles. The average Bonchev–Trinajstić information content (AvgIpc) is 2.53. The highest BCUT2D eigenvalue weighted by Gasteiger charge is 2.08. The zero-order valence-corrected chi connectivity index (χ0v) is 11.3. The number of hydrogen-bond acceptors (Lipinski definition) is 2. The molecule has 1 N–H and O–H groups in total. The van der Waals surface area contributed by atoms with Crippen molar-refractivity contribution in [3.05, 3.63) is 27.7 Å². The monoisotopic (exact) mass is 300 g/mol. The number of rotatable bonds is 1. The summed E-state index contributed by atoms with van der Waals surface area (Å²) in [6, 6.07) is 5.81. The number of nitrogens with one attached hydrogen (secondary N) is 1. The van der Waals surface area contributed by atoms with E-state index in [1.807, 2.05) is 18.2 Å². The smallest absolute Gasteiger partial charge is 0.101 e. The fourth-order valence-electron chi connectivity index (χ4n) is 1.73.